The van der Waals surface area contributed by atoms with Gasteiger partial charge in [0.2, 0.25) is 11.8 Å². The molecule has 0 unspecified atom stereocenters. The third kappa shape index (κ3) is 6.54. The molecule has 0 fully saturated rings. The second-order valence-corrected chi connectivity index (χ2v) is 7.10. The predicted molar refractivity (Wildman–Crippen MR) is 110 cm³/mol. The van der Waals surface area contributed by atoms with Crippen LogP contribution in [0.15, 0.2) is 48.5 Å². The van der Waals surface area contributed by atoms with E-state index in [1.54, 1.807) is 30.1 Å². The predicted octanol–water partition coefficient (Wildman–Crippen LogP) is 4.13. The summed E-state index contributed by atoms with van der Waals surface area (Å²) in [6, 6.07) is 13.5. The number of halogens is 2. The van der Waals surface area contributed by atoms with Crippen LogP contribution in [0.25, 0.3) is 0 Å². The fourth-order valence-corrected chi connectivity index (χ4v) is 3.24. The Morgan fingerprint density at radius 3 is 2.30 bits per heavy atom. The van der Waals surface area contributed by atoms with Crippen LogP contribution in [0.3, 0.4) is 0 Å². The van der Waals surface area contributed by atoms with Crippen molar-refractivity contribution in [3.8, 4) is 0 Å². The van der Waals surface area contributed by atoms with Gasteiger partial charge in [0.25, 0.3) is 0 Å². The van der Waals surface area contributed by atoms with Gasteiger partial charge in [-0.3, -0.25) is 14.5 Å². The Bertz CT molecular complexity index is 764. The van der Waals surface area contributed by atoms with Crippen molar-refractivity contribution in [3.63, 3.8) is 0 Å². The summed E-state index contributed by atoms with van der Waals surface area (Å²) in [5.41, 5.74) is 1.29. The van der Waals surface area contributed by atoms with E-state index in [1.807, 2.05) is 37.3 Å². The fourth-order valence-electron chi connectivity index (χ4n) is 2.72. The van der Waals surface area contributed by atoms with Gasteiger partial charge in [-0.25, -0.2) is 0 Å². The molecule has 1 atom stereocenters. The van der Waals surface area contributed by atoms with Crippen LogP contribution in [-0.2, 0) is 9.59 Å². The van der Waals surface area contributed by atoms with Gasteiger partial charge >= 0.3 is 0 Å². The van der Waals surface area contributed by atoms with E-state index < -0.39 is 6.04 Å². The van der Waals surface area contributed by atoms with Crippen molar-refractivity contribution < 1.29 is 9.59 Å². The summed E-state index contributed by atoms with van der Waals surface area (Å²) in [6.45, 7) is 2.69. The molecule has 0 heterocycles. The van der Waals surface area contributed by atoms with Crippen molar-refractivity contribution in [2.75, 3.05) is 25.5 Å². The Morgan fingerprint density at radius 2 is 1.70 bits per heavy atom. The molecular weight excluding hydrogens is 385 g/mol. The molecule has 144 valence electrons. The molecule has 0 saturated carbocycles. The topological polar surface area (TPSA) is 61.4 Å². The molecule has 0 aliphatic heterocycles. The first-order chi connectivity index (χ1) is 12.9. The molecule has 0 aromatic heterocycles. The van der Waals surface area contributed by atoms with E-state index in [-0.39, 0.29) is 18.4 Å². The van der Waals surface area contributed by atoms with Gasteiger partial charge in [0.15, 0.2) is 0 Å². The number of anilines is 1. The number of carbonyl (C=O) groups excluding carboxylic acids is 2. The Hall–Kier alpha value is -2.08. The number of likely N-dealkylation sites (N-methyl/N-ethyl adjacent to an activating group) is 1. The van der Waals surface area contributed by atoms with Gasteiger partial charge in [0, 0.05) is 22.3 Å². The molecule has 0 spiro atoms. The van der Waals surface area contributed by atoms with Crippen LogP contribution in [0, 0.1) is 0 Å². The molecule has 2 amide bonds. The van der Waals surface area contributed by atoms with Gasteiger partial charge in [-0.05, 0) is 37.2 Å². The van der Waals surface area contributed by atoms with E-state index >= 15 is 0 Å². The normalized spacial score (nSPS) is 11.9. The smallest absolute Gasteiger partial charge is 0.246 e. The van der Waals surface area contributed by atoms with Crippen LogP contribution in [0.4, 0.5) is 5.69 Å². The van der Waals surface area contributed by atoms with Crippen LogP contribution < -0.4 is 10.6 Å². The summed E-state index contributed by atoms with van der Waals surface area (Å²) in [5, 5.41) is 6.53. The summed E-state index contributed by atoms with van der Waals surface area (Å²) < 4.78 is 0. The Labute approximate surface area is 169 Å². The zero-order valence-corrected chi connectivity index (χ0v) is 16.8. The summed E-state index contributed by atoms with van der Waals surface area (Å²) in [6.07, 6.45) is 0.855. The second-order valence-electron chi connectivity index (χ2n) is 6.23. The number of nitrogens with one attached hydrogen (secondary N) is 2. The van der Waals surface area contributed by atoms with E-state index in [1.165, 1.54) is 0 Å². The first kappa shape index (κ1) is 21.2. The summed E-state index contributed by atoms with van der Waals surface area (Å²) in [7, 11) is 1.74. The molecule has 2 N–H and O–H groups in total. The molecule has 2 aromatic carbocycles. The standard InChI is InChI=1S/C20H23Cl2N3O2/c1-3-9-23-18(26)13-25(2)19(14-7-5-4-6-8-14)20(27)24-17-11-15(21)10-16(22)12-17/h4-8,10-12,19H,3,9,13H2,1-2H3,(H,23,26)(H,24,27)/t19-/m0/s1. The molecule has 27 heavy (non-hydrogen) atoms. The lowest BCUT2D eigenvalue weighted by Crippen LogP contribution is -2.41. The number of carbonyl (C=O) groups is 2. The largest absolute Gasteiger partial charge is 0.355 e. The number of hydrogen-bond acceptors (Lipinski definition) is 3. The quantitative estimate of drug-likeness (QED) is 0.691. The van der Waals surface area contributed by atoms with Gasteiger partial charge in [0.05, 0.1) is 6.54 Å². The maximum absolute atomic E-state index is 13.0. The average molecular weight is 408 g/mol. The van der Waals surface area contributed by atoms with E-state index in [0.29, 0.717) is 22.3 Å². The van der Waals surface area contributed by atoms with Crippen molar-refractivity contribution in [2.45, 2.75) is 19.4 Å². The molecule has 0 aliphatic rings. The highest BCUT2D eigenvalue weighted by Crippen LogP contribution is 2.25. The number of benzene rings is 2. The zero-order valence-electron chi connectivity index (χ0n) is 15.3. The van der Waals surface area contributed by atoms with Gasteiger partial charge in [0.1, 0.15) is 6.04 Å². The Morgan fingerprint density at radius 1 is 1.07 bits per heavy atom. The highest BCUT2D eigenvalue weighted by atomic mass is 35.5. The fraction of sp³-hybridized carbons (Fsp3) is 0.300. The molecule has 2 rings (SSSR count). The average Bonchev–Trinajstić information content (AvgIpc) is 2.60. The zero-order chi connectivity index (χ0) is 19.8. The van der Waals surface area contributed by atoms with E-state index in [9.17, 15) is 9.59 Å². The number of amides is 2. The molecule has 0 aliphatic carbocycles. The van der Waals surface area contributed by atoms with Crippen LogP contribution in [0.1, 0.15) is 24.9 Å². The van der Waals surface area contributed by atoms with E-state index in [2.05, 4.69) is 10.6 Å². The molecule has 0 saturated heterocycles. The molecule has 2 aromatic rings. The molecule has 7 heteroatoms. The maximum Gasteiger partial charge on any atom is 0.246 e. The molecule has 0 bridgehead atoms. The highest BCUT2D eigenvalue weighted by Gasteiger charge is 2.26. The van der Waals surface area contributed by atoms with Crippen molar-refractivity contribution in [3.05, 3.63) is 64.1 Å². The van der Waals surface area contributed by atoms with Gasteiger partial charge in [-0.1, -0.05) is 60.5 Å². The van der Waals surface area contributed by atoms with Crippen molar-refractivity contribution in [1.82, 2.24) is 10.2 Å². The Kier molecular flexibility index (Phi) is 8.10. The third-order valence-corrected chi connectivity index (χ3v) is 4.34. The lowest BCUT2D eigenvalue weighted by molar-refractivity contribution is -0.125. The number of hydrogen-bond donors (Lipinski definition) is 2. The molecular formula is C20H23Cl2N3O2. The summed E-state index contributed by atoms with van der Waals surface area (Å²) in [5.74, 6) is -0.399. The minimum Gasteiger partial charge on any atom is -0.355 e. The van der Waals surface area contributed by atoms with E-state index in [4.69, 9.17) is 23.2 Å². The second kappa shape index (κ2) is 10.3. The minimum absolute atomic E-state index is 0.100. The number of rotatable bonds is 8. The van der Waals surface area contributed by atoms with Crippen LogP contribution in [0.5, 0.6) is 0 Å². The lowest BCUT2D eigenvalue weighted by atomic mass is 10.0. The van der Waals surface area contributed by atoms with Gasteiger partial charge in [-0.2, -0.15) is 0 Å². The van der Waals surface area contributed by atoms with Gasteiger partial charge < -0.3 is 10.6 Å². The minimum atomic E-state index is -0.642. The number of nitrogens with zero attached hydrogens (tertiary/aromatic N) is 1. The van der Waals surface area contributed by atoms with Crippen LogP contribution >= 0.6 is 23.2 Å². The summed E-state index contributed by atoms with van der Waals surface area (Å²) >= 11 is 12.0. The van der Waals surface area contributed by atoms with Crippen LogP contribution in [-0.4, -0.2) is 36.9 Å². The Balaban J connectivity index is 2.21. The molecule has 5 nitrogen and oxygen atoms in total. The van der Waals surface area contributed by atoms with Crippen LogP contribution in [0.2, 0.25) is 10.0 Å². The molecule has 0 radical (unpaired) electrons. The SMILES string of the molecule is CCCNC(=O)CN(C)[C@H](C(=O)Nc1cc(Cl)cc(Cl)c1)c1ccccc1. The first-order valence-corrected chi connectivity index (χ1v) is 9.45. The van der Waals surface area contributed by atoms with Gasteiger partial charge in [-0.15, -0.1) is 0 Å². The van der Waals surface area contributed by atoms with E-state index in [0.717, 1.165) is 12.0 Å². The van der Waals surface area contributed by atoms with Crippen molar-refractivity contribution >= 4 is 40.7 Å². The third-order valence-electron chi connectivity index (χ3n) is 3.90. The maximum atomic E-state index is 13.0. The van der Waals surface area contributed by atoms with Crippen molar-refractivity contribution in [2.24, 2.45) is 0 Å². The summed E-state index contributed by atoms with van der Waals surface area (Å²) in [4.78, 5) is 26.8. The highest BCUT2D eigenvalue weighted by molar-refractivity contribution is 6.35. The first-order valence-electron chi connectivity index (χ1n) is 8.69. The monoisotopic (exact) mass is 407 g/mol. The van der Waals surface area contributed by atoms with Crippen molar-refractivity contribution in [1.29, 1.82) is 0 Å². The lowest BCUT2D eigenvalue weighted by Gasteiger charge is -2.27.